The van der Waals surface area contributed by atoms with Crippen LogP contribution in [0.1, 0.15) is 46.9 Å². The van der Waals surface area contributed by atoms with Gasteiger partial charge in [0.25, 0.3) is 0 Å². The standard InChI is InChI=1S/C31H32ClN3O4/c1-2-3-15-35-26(29(32)33-30(35)23-9-5-4-6-10-23)21-34(20-24-11-7-8-12-25(24)31(36)37)19-22-13-14-27-28(18-22)39-17-16-38-27/h4-14,18H,2-3,15-17,19-21H2,1H3,(H,36,37). The summed E-state index contributed by atoms with van der Waals surface area (Å²) in [5, 5.41) is 10.3. The Morgan fingerprint density at radius 3 is 2.49 bits per heavy atom. The topological polar surface area (TPSA) is 76.8 Å². The summed E-state index contributed by atoms with van der Waals surface area (Å²) in [6.45, 7) is 5.48. The van der Waals surface area contributed by atoms with E-state index < -0.39 is 5.97 Å². The van der Waals surface area contributed by atoms with E-state index in [4.69, 9.17) is 26.1 Å². The highest BCUT2D eigenvalue weighted by Gasteiger charge is 2.22. The summed E-state index contributed by atoms with van der Waals surface area (Å²) in [4.78, 5) is 19.0. The van der Waals surface area contributed by atoms with Gasteiger partial charge in [0.05, 0.1) is 11.3 Å². The van der Waals surface area contributed by atoms with Crippen molar-refractivity contribution in [3.8, 4) is 22.9 Å². The van der Waals surface area contributed by atoms with Crippen molar-refractivity contribution in [2.45, 2.75) is 45.9 Å². The fraction of sp³-hybridized carbons (Fsp3) is 0.290. The fourth-order valence-electron chi connectivity index (χ4n) is 4.90. The van der Waals surface area contributed by atoms with Crippen LogP contribution in [0, 0.1) is 0 Å². The maximum absolute atomic E-state index is 12.0. The summed E-state index contributed by atoms with van der Waals surface area (Å²) < 4.78 is 13.7. The Labute approximate surface area is 233 Å². The lowest BCUT2D eigenvalue weighted by molar-refractivity contribution is 0.0694. The lowest BCUT2D eigenvalue weighted by Gasteiger charge is -2.25. The molecule has 0 aliphatic carbocycles. The van der Waals surface area contributed by atoms with Crippen LogP contribution in [-0.4, -0.2) is 38.7 Å². The number of ether oxygens (including phenoxy) is 2. The molecule has 0 saturated heterocycles. The van der Waals surface area contributed by atoms with Crippen LogP contribution in [-0.2, 0) is 26.2 Å². The molecule has 0 radical (unpaired) electrons. The molecule has 8 heteroatoms. The number of nitrogens with zero attached hydrogens (tertiary/aromatic N) is 3. The number of halogens is 1. The molecule has 7 nitrogen and oxygen atoms in total. The quantitative estimate of drug-likeness (QED) is 0.227. The van der Waals surface area contributed by atoms with Gasteiger partial charge in [0.15, 0.2) is 16.7 Å². The average Bonchev–Trinajstić information content (AvgIpc) is 3.26. The molecule has 39 heavy (non-hydrogen) atoms. The van der Waals surface area contributed by atoms with Crippen LogP contribution in [0.25, 0.3) is 11.4 Å². The molecule has 0 amide bonds. The average molecular weight is 546 g/mol. The van der Waals surface area contributed by atoms with Crippen molar-refractivity contribution in [1.82, 2.24) is 14.5 Å². The van der Waals surface area contributed by atoms with Gasteiger partial charge in [0, 0.05) is 31.7 Å². The molecule has 0 spiro atoms. The number of carboxylic acid groups (broad SMARTS) is 1. The minimum atomic E-state index is -0.942. The highest BCUT2D eigenvalue weighted by Crippen LogP contribution is 2.32. The molecule has 0 fully saturated rings. The Morgan fingerprint density at radius 1 is 0.974 bits per heavy atom. The van der Waals surface area contributed by atoms with Gasteiger partial charge in [-0.05, 0) is 35.7 Å². The lowest BCUT2D eigenvalue weighted by Crippen LogP contribution is -2.25. The first-order valence-electron chi connectivity index (χ1n) is 13.3. The number of aromatic nitrogens is 2. The maximum Gasteiger partial charge on any atom is 0.336 e. The largest absolute Gasteiger partial charge is 0.486 e. The van der Waals surface area contributed by atoms with E-state index in [-0.39, 0.29) is 0 Å². The van der Waals surface area contributed by atoms with Crippen LogP contribution < -0.4 is 9.47 Å². The van der Waals surface area contributed by atoms with Crippen molar-refractivity contribution in [2.75, 3.05) is 13.2 Å². The van der Waals surface area contributed by atoms with Crippen LogP contribution in [0.3, 0.4) is 0 Å². The van der Waals surface area contributed by atoms with E-state index in [0.717, 1.165) is 59.1 Å². The Morgan fingerprint density at radius 2 is 1.72 bits per heavy atom. The lowest BCUT2D eigenvalue weighted by atomic mass is 10.1. The SMILES string of the molecule is CCCCn1c(-c2ccccc2)nc(Cl)c1CN(Cc1ccc2c(c1)OCCO2)Cc1ccccc1C(=O)O. The maximum atomic E-state index is 12.0. The van der Waals surface area contributed by atoms with Gasteiger partial charge in [0.2, 0.25) is 0 Å². The smallest absolute Gasteiger partial charge is 0.336 e. The van der Waals surface area contributed by atoms with Crippen LogP contribution in [0.4, 0.5) is 0 Å². The van der Waals surface area contributed by atoms with Crippen molar-refractivity contribution in [3.05, 3.63) is 100 Å². The molecule has 4 aromatic rings. The van der Waals surface area contributed by atoms with E-state index in [1.807, 2.05) is 60.7 Å². The number of hydrogen-bond donors (Lipinski definition) is 1. The number of benzene rings is 3. The predicted molar refractivity (Wildman–Crippen MR) is 151 cm³/mol. The monoisotopic (exact) mass is 545 g/mol. The van der Waals surface area contributed by atoms with E-state index in [2.05, 4.69) is 16.4 Å². The molecule has 1 aliphatic heterocycles. The van der Waals surface area contributed by atoms with Gasteiger partial charge < -0.3 is 19.1 Å². The van der Waals surface area contributed by atoms with Gasteiger partial charge in [-0.25, -0.2) is 9.78 Å². The third-order valence-electron chi connectivity index (χ3n) is 6.82. The Balaban J connectivity index is 1.52. The van der Waals surface area contributed by atoms with Gasteiger partial charge in [-0.2, -0.15) is 0 Å². The van der Waals surface area contributed by atoms with Gasteiger partial charge in [-0.1, -0.05) is 79.5 Å². The first kappa shape index (κ1) is 26.8. The minimum Gasteiger partial charge on any atom is -0.486 e. The van der Waals surface area contributed by atoms with E-state index >= 15 is 0 Å². The van der Waals surface area contributed by atoms with Gasteiger partial charge in [-0.3, -0.25) is 4.90 Å². The van der Waals surface area contributed by atoms with E-state index in [1.165, 1.54) is 0 Å². The van der Waals surface area contributed by atoms with Crippen LogP contribution in [0.2, 0.25) is 5.15 Å². The zero-order valence-electron chi connectivity index (χ0n) is 22.0. The molecule has 3 aromatic carbocycles. The van der Waals surface area contributed by atoms with Crippen molar-refractivity contribution in [2.24, 2.45) is 0 Å². The Bertz CT molecular complexity index is 1440. The zero-order chi connectivity index (χ0) is 27.2. The van der Waals surface area contributed by atoms with E-state index in [9.17, 15) is 9.90 Å². The van der Waals surface area contributed by atoms with Gasteiger partial charge in [0.1, 0.15) is 19.0 Å². The van der Waals surface area contributed by atoms with Gasteiger partial charge in [-0.15, -0.1) is 0 Å². The molecule has 5 rings (SSSR count). The van der Waals surface area contributed by atoms with Gasteiger partial charge >= 0.3 is 5.97 Å². The molecule has 2 heterocycles. The van der Waals surface area contributed by atoms with Crippen molar-refractivity contribution >= 4 is 17.6 Å². The number of imidazole rings is 1. The van der Waals surface area contributed by atoms with Crippen LogP contribution in [0.5, 0.6) is 11.5 Å². The highest BCUT2D eigenvalue weighted by atomic mass is 35.5. The number of aromatic carboxylic acids is 1. The zero-order valence-corrected chi connectivity index (χ0v) is 22.7. The number of hydrogen-bond acceptors (Lipinski definition) is 5. The number of carboxylic acids is 1. The normalized spacial score (nSPS) is 12.6. The van der Waals surface area contributed by atoms with E-state index in [1.54, 1.807) is 12.1 Å². The summed E-state index contributed by atoms with van der Waals surface area (Å²) in [6.07, 6.45) is 2.03. The highest BCUT2D eigenvalue weighted by molar-refractivity contribution is 6.30. The molecular formula is C31H32ClN3O4. The third-order valence-corrected chi connectivity index (χ3v) is 7.12. The molecule has 1 aromatic heterocycles. The van der Waals surface area contributed by atoms with E-state index in [0.29, 0.717) is 43.6 Å². The fourth-order valence-corrected chi connectivity index (χ4v) is 5.15. The van der Waals surface area contributed by atoms with Crippen LogP contribution in [0.15, 0.2) is 72.8 Å². The van der Waals surface area contributed by atoms with Crippen molar-refractivity contribution in [3.63, 3.8) is 0 Å². The Kier molecular flexibility index (Phi) is 8.49. The number of rotatable bonds is 11. The molecule has 0 atom stereocenters. The summed E-state index contributed by atoms with van der Waals surface area (Å²) in [6, 6.07) is 23.2. The third kappa shape index (κ3) is 6.27. The molecule has 0 bridgehead atoms. The molecule has 1 N–H and O–H groups in total. The molecule has 202 valence electrons. The number of carbonyl (C=O) groups is 1. The Hall–Kier alpha value is -3.81. The number of unbranched alkanes of at least 4 members (excludes halogenated alkanes) is 1. The second-order valence-corrected chi connectivity index (χ2v) is 9.99. The summed E-state index contributed by atoms with van der Waals surface area (Å²) >= 11 is 6.82. The predicted octanol–water partition coefficient (Wildman–Crippen LogP) is 6.68. The molecule has 0 saturated carbocycles. The van der Waals surface area contributed by atoms with Crippen molar-refractivity contribution in [1.29, 1.82) is 0 Å². The first-order chi connectivity index (χ1) is 19.0. The van der Waals surface area contributed by atoms with Crippen molar-refractivity contribution < 1.29 is 19.4 Å². The molecular weight excluding hydrogens is 514 g/mol. The first-order valence-corrected chi connectivity index (χ1v) is 13.6. The number of fused-ring (bicyclic) bond motifs is 1. The second-order valence-electron chi connectivity index (χ2n) is 9.63. The summed E-state index contributed by atoms with van der Waals surface area (Å²) in [5.74, 6) is 1.36. The minimum absolute atomic E-state index is 0.292. The molecule has 0 unspecified atom stereocenters. The second kappa shape index (κ2) is 12.4. The molecule has 1 aliphatic rings. The summed E-state index contributed by atoms with van der Waals surface area (Å²) in [7, 11) is 0. The van der Waals surface area contributed by atoms with Crippen LogP contribution >= 0.6 is 11.6 Å². The summed E-state index contributed by atoms with van der Waals surface area (Å²) in [5.41, 5.74) is 3.98.